The van der Waals surface area contributed by atoms with E-state index < -0.39 is 0 Å². The summed E-state index contributed by atoms with van der Waals surface area (Å²) in [7, 11) is 0. The fraction of sp³-hybridized carbons (Fsp3) is 0. The number of hydrogen-bond donors (Lipinski definition) is 0. The largest absolute Gasteiger partial charge is 0.310 e. The number of benzene rings is 11. The molecule has 0 bridgehead atoms. The van der Waals surface area contributed by atoms with Gasteiger partial charge in [-0.05, 0) is 160 Å². The van der Waals surface area contributed by atoms with Crippen LogP contribution in [0.2, 0.25) is 0 Å². The highest BCUT2D eigenvalue weighted by atomic mass is 15.1. The SMILES string of the molecule is c1ccc(N(c2cc(-c3ccc4ccccc4c3)cc(-c3ccc4ccccc4c3)c2)c2cc(-c3ccc4ccccc4c3)cc(-c3ccc4ccccc4c3)c2)cc1. The second-order valence-electron chi connectivity index (χ2n) is 15.5. The first-order valence-electron chi connectivity index (χ1n) is 20.3. The van der Waals surface area contributed by atoms with Crippen LogP contribution in [0.3, 0.4) is 0 Å². The molecule has 276 valence electrons. The van der Waals surface area contributed by atoms with Gasteiger partial charge in [-0.2, -0.15) is 0 Å². The summed E-state index contributed by atoms with van der Waals surface area (Å²) in [6, 6.07) is 86.7. The van der Waals surface area contributed by atoms with Gasteiger partial charge in [0.1, 0.15) is 0 Å². The normalized spacial score (nSPS) is 11.4. The third kappa shape index (κ3) is 6.69. The lowest BCUT2D eigenvalue weighted by atomic mass is 9.93. The fourth-order valence-corrected chi connectivity index (χ4v) is 8.65. The van der Waals surface area contributed by atoms with Crippen LogP contribution in [-0.2, 0) is 0 Å². The van der Waals surface area contributed by atoms with Crippen LogP contribution in [0.1, 0.15) is 0 Å². The second kappa shape index (κ2) is 14.6. The van der Waals surface area contributed by atoms with E-state index in [1.807, 2.05) is 0 Å². The molecule has 0 aliphatic heterocycles. The first-order chi connectivity index (χ1) is 29.2. The van der Waals surface area contributed by atoms with Crippen molar-refractivity contribution in [3.63, 3.8) is 0 Å². The van der Waals surface area contributed by atoms with Gasteiger partial charge in [-0.3, -0.25) is 0 Å². The van der Waals surface area contributed by atoms with Crippen LogP contribution >= 0.6 is 0 Å². The van der Waals surface area contributed by atoms with Gasteiger partial charge < -0.3 is 4.90 Å². The van der Waals surface area contributed by atoms with E-state index in [-0.39, 0.29) is 0 Å². The monoisotopic (exact) mass is 749 g/mol. The minimum absolute atomic E-state index is 1.09. The zero-order valence-corrected chi connectivity index (χ0v) is 32.5. The molecular formula is C58H39N. The molecule has 0 aliphatic carbocycles. The molecule has 0 saturated carbocycles. The second-order valence-corrected chi connectivity index (χ2v) is 15.5. The quantitative estimate of drug-likeness (QED) is 0.157. The molecule has 0 spiro atoms. The van der Waals surface area contributed by atoms with E-state index in [4.69, 9.17) is 0 Å². The van der Waals surface area contributed by atoms with Gasteiger partial charge in [0.05, 0.1) is 0 Å². The lowest BCUT2D eigenvalue weighted by Gasteiger charge is -2.28. The summed E-state index contributed by atoms with van der Waals surface area (Å²) in [5.74, 6) is 0. The van der Waals surface area contributed by atoms with Crippen LogP contribution < -0.4 is 4.90 Å². The van der Waals surface area contributed by atoms with Crippen molar-refractivity contribution >= 4 is 60.2 Å². The summed E-state index contributed by atoms with van der Waals surface area (Å²) < 4.78 is 0. The lowest BCUT2D eigenvalue weighted by molar-refractivity contribution is 1.28. The molecular weight excluding hydrogens is 711 g/mol. The number of nitrogens with zero attached hydrogens (tertiary/aromatic N) is 1. The smallest absolute Gasteiger partial charge is 0.0473 e. The van der Waals surface area contributed by atoms with E-state index in [9.17, 15) is 0 Å². The van der Waals surface area contributed by atoms with Crippen molar-refractivity contribution in [2.75, 3.05) is 4.90 Å². The average molecular weight is 750 g/mol. The average Bonchev–Trinajstić information content (AvgIpc) is 3.31. The zero-order valence-electron chi connectivity index (χ0n) is 32.5. The van der Waals surface area contributed by atoms with Crippen LogP contribution in [0, 0.1) is 0 Å². The van der Waals surface area contributed by atoms with E-state index in [2.05, 4.69) is 241 Å². The van der Waals surface area contributed by atoms with Crippen LogP contribution in [0.5, 0.6) is 0 Å². The lowest BCUT2D eigenvalue weighted by Crippen LogP contribution is -2.10. The number of fused-ring (bicyclic) bond motifs is 4. The first kappa shape index (κ1) is 34.5. The van der Waals surface area contributed by atoms with Crippen molar-refractivity contribution in [1.29, 1.82) is 0 Å². The molecule has 0 saturated heterocycles. The molecule has 11 aromatic rings. The molecule has 0 amide bonds. The van der Waals surface area contributed by atoms with Gasteiger partial charge in [0.25, 0.3) is 0 Å². The number of hydrogen-bond acceptors (Lipinski definition) is 1. The standard InChI is InChI=1S/C58H39N/c1-2-20-56(21-3-1)59(57-36-52(48-26-22-40-12-4-8-16-44(40)30-48)34-53(37-57)49-27-23-41-13-5-9-17-45(41)31-49)58-38-54(50-28-24-42-14-6-10-18-46(42)32-50)35-55(39-58)51-29-25-43-15-7-11-19-47(43)33-51/h1-39H. The van der Waals surface area contributed by atoms with Crippen molar-refractivity contribution in [2.45, 2.75) is 0 Å². The van der Waals surface area contributed by atoms with E-state index in [0.717, 1.165) is 39.3 Å². The summed E-state index contributed by atoms with van der Waals surface area (Å²) in [5, 5.41) is 9.85. The molecule has 0 aromatic heterocycles. The highest BCUT2D eigenvalue weighted by molar-refractivity contribution is 5.95. The Kier molecular flexibility index (Phi) is 8.56. The Hall–Kier alpha value is -7.74. The van der Waals surface area contributed by atoms with Gasteiger partial charge in [0.2, 0.25) is 0 Å². The Morgan fingerprint density at radius 2 is 0.441 bits per heavy atom. The molecule has 0 fully saturated rings. The molecule has 0 heterocycles. The Morgan fingerprint density at radius 3 is 0.746 bits per heavy atom. The third-order valence-corrected chi connectivity index (χ3v) is 11.7. The van der Waals surface area contributed by atoms with Crippen LogP contribution in [0.15, 0.2) is 237 Å². The predicted octanol–water partition coefficient (Wildman–Crippen LogP) is 16.4. The minimum Gasteiger partial charge on any atom is -0.310 e. The zero-order chi connectivity index (χ0) is 39.1. The Morgan fingerprint density at radius 1 is 0.169 bits per heavy atom. The van der Waals surface area contributed by atoms with Gasteiger partial charge in [-0.15, -0.1) is 0 Å². The summed E-state index contributed by atoms with van der Waals surface area (Å²) in [4.78, 5) is 2.43. The summed E-state index contributed by atoms with van der Waals surface area (Å²) >= 11 is 0. The summed E-state index contributed by atoms with van der Waals surface area (Å²) in [6.07, 6.45) is 0. The van der Waals surface area contributed by atoms with Crippen LogP contribution in [0.4, 0.5) is 17.1 Å². The maximum Gasteiger partial charge on any atom is 0.0473 e. The van der Waals surface area contributed by atoms with Gasteiger partial charge in [-0.25, -0.2) is 0 Å². The Labute approximate surface area is 344 Å². The molecule has 11 aromatic carbocycles. The molecule has 1 nitrogen and oxygen atoms in total. The van der Waals surface area contributed by atoms with Crippen LogP contribution in [0.25, 0.3) is 87.6 Å². The maximum absolute atomic E-state index is 2.43. The molecule has 0 N–H and O–H groups in total. The summed E-state index contributed by atoms with van der Waals surface area (Å²) in [6.45, 7) is 0. The topological polar surface area (TPSA) is 3.24 Å². The molecule has 0 atom stereocenters. The number of rotatable bonds is 7. The summed E-state index contributed by atoms with van der Waals surface area (Å²) in [5.41, 5.74) is 12.7. The molecule has 0 aliphatic rings. The Balaban J connectivity index is 1.16. The molecule has 59 heavy (non-hydrogen) atoms. The van der Waals surface area contributed by atoms with Crippen molar-refractivity contribution in [3.05, 3.63) is 237 Å². The molecule has 0 unspecified atom stereocenters. The van der Waals surface area contributed by atoms with Crippen LogP contribution in [-0.4, -0.2) is 0 Å². The minimum atomic E-state index is 1.09. The predicted molar refractivity (Wildman–Crippen MR) is 253 cm³/mol. The van der Waals surface area contributed by atoms with Crippen molar-refractivity contribution in [2.24, 2.45) is 0 Å². The van der Waals surface area contributed by atoms with Crippen molar-refractivity contribution in [3.8, 4) is 44.5 Å². The molecule has 11 rings (SSSR count). The number of anilines is 3. The highest BCUT2D eigenvalue weighted by Gasteiger charge is 2.19. The van der Waals surface area contributed by atoms with Crippen molar-refractivity contribution < 1.29 is 0 Å². The van der Waals surface area contributed by atoms with Gasteiger partial charge in [0.15, 0.2) is 0 Å². The van der Waals surface area contributed by atoms with E-state index in [1.165, 1.54) is 65.3 Å². The molecule has 1 heteroatoms. The van der Waals surface area contributed by atoms with Gasteiger partial charge in [-0.1, -0.05) is 164 Å². The first-order valence-corrected chi connectivity index (χ1v) is 20.3. The fourth-order valence-electron chi connectivity index (χ4n) is 8.65. The highest BCUT2D eigenvalue weighted by Crippen LogP contribution is 2.43. The van der Waals surface area contributed by atoms with Gasteiger partial charge >= 0.3 is 0 Å². The third-order valence-electron chi connectivity index (χ3n) is 11.7. The van der Waals surface area contributed by atoms with E-state index in [1.54, 1.807) is 0 Å². The van der Waals surface area contributed by atoms with Crippen molar-refractivity contribution in [1.82, 2.24) is 0 Å². The van der Waals surface area contributed by atoms with E-state index >= 15 is 0 Å². The maximum atomic E-state index is 2.43. The van der Waals surface area contributed by atoms with Gasteiger partial charge in [0, 0.05) is 17.1 Å². The van der Waals surface area contributed by atoms with E-state index in [0.29, 0.717) is 0 Å². The molecule has 0 radical (unpaired) electrons. The number of para-hydroxylation sites is 1. The Bertz CT molecular complexity index is 2940.